The van der Waals surface area contributed by atoms with E-state index in [0.29, 0.717) is 56.1 Å². The first kappa shape index (κ1) is 24.6. The van der Waals surface area contributed by atoms with E-state index in [1.165, 1.54) is 19.1 Å². The maximum Gasteiger partial charge on any atom is 0.416 e. The third-order valence-corrected chi connectivity index (χ3v) is 6.15. The first-order valence-corrected chi connectivity index (χ1v) is 11.3. The number of nitrogens with one attached hydrogen (secondary N) is 1. The number of amides is 1. The van der Waals surface area contributed by atoms with Gasteiger partial charge in [-0.05, 0) is 38.0 Å². The SMILES string of the molecule is CCc1c(C(=O)N2CCN(Cc3nc(-c4cccc(C(F)(F)F)c4)no3)CC2)[nH]c(C)c1C(C)=O. The number of Topliss-reactive ketones (excluding diaryl/α,β-unsaturated/α-hetero) is 1. The Morgan fingerprint density at radius 2 is 1.89 bits per heavy atom. The molecule has 0 radical (unpaired) electrons. The molecule has 1 amide bonds. The first-order valence-electron chi connectivity index (χ1n) is 11.3. The number of alkyl halides is 3. The molecular weight excluding hydrogens is 463 g/mol. The highest BCUT2D eigenvalue weighted by molar-refractivity contribution is 6.02. The Hall–Kier alpha value is -3.47. The van der Waals surface area contributed by atoms with Gasteiger partial charge in [0.1, 0.15) is 5.69 Å². The van der Waals surface area contributed by atoms with E-state index in [-0.39, 0.29) is 29.0 Å². The molecule has 0 atom stereocenters. The molecule has 3 heterocycles. The lowest BCUT2D eigenvalue weighted by Crippen LogP contribution is -2.48. The number of piperazine rings is 1. The molecule has 1 N–H and O–H groups in total. The monoisotopic (exact) mass is 489 g/mol. The lowest BCUT2D eigenvalue weighted by atomic mass is 10.0. The van der Waals surface area contributed by atoms with Crippen LogP contribution in [0.1, 0.15) is 57.4 Å². The molecule has 4 rings (SSSR count). The molecule has 1 saturated heterocycles. The molecule has 2 aromatic heterocycles. The van der Waals surface area contributed by atoms with Crippen molar-refractivity contribution >= 4 is 11.7 Å². The van der Waals surface area contributed by atoms with E-state index in [9.17, 15) is 22.8 Å². The third-order valence-electron chi connectivity index (χ3n) is 6.15. The van der Waals surface area contributed by atoms with Crippen LogP contribution in [0.2, 0.25) is 0 Å². The summed E-state index contributed by atoms with van der Waals surface area (Å²) in [4.78, 5) is 36.3. The lowest BCUT2D eigenvalue weighted by molar-refractivity contribution is -0.137. The molecule has 0 saturated carbocycles. The summed E-state index contributed by atoms with van der Waals surface area (Å²) in [6.45, 7) is 7.61. The molecule has 1 fully saturated rings. The van der Waals surface area contributed by atoms with Crippen molar-refractivity contribution in [2.75, 3.05) is 26.2 Å². The Bertz CT molecular complexity index is 1240. The Morgan fingerprint density at radius 3 is 2.51 bits per heavy atom. The summed E-state index contributed by atoms with van der Waals surface area (Å²) < 4.78 is 44.2. The van der Waals surface area contributed by atoms with Gasteiger partial charge in [-0.2, -0.15) is 18.2 Å². The molecule has 1 aromatic carbocycles. The van der Waals surface area contributed by atoms with Crippen molar-refractivity contribution in [2.45, 2.75) is 39.9 Å². The lowest BCUT2D eigenvalue weighted by Gasteiger charge is -2.33. The molecule has 1 aliphatic heterocycles. The van der Waals surface area contributed by atoms with Crippen molar-refractivity contribution in [2.24, 2.45) is 0 Å². The summed E-state index contributed by atoms with van der Waals surface area (Å²) in [5, 5.41) is 3.83. The van der Waals surface area contributed by atoms with Gasteiger partial charge in [-0.3, -0.25) is 14.5 Å². The summed E-state index contributed by atoms with van der Waals surface area (Å²) in [5.41, 5.74) is 1.94. The van der Waals surface area contributed by atoms with Gasteiger partial charge >= 0.3 is 6.18 Å². The molecule has 35 heavy (non-hydrogen) atoms. The van der Waals surface area contributed by atoms with E-state index in [4.69, 9.17) is 4.52 Å². The topological polar surface area (TPSA) is 95.3 Å². The van der Waals surface area contributed by atoms with Gasteiger partial charge in [0, 0.05) is 43.0 Å². The smallest absolute Gasteiger partial charge is 0.354 e. The summed E-state index contributed by atoms with van der Waals surface area (Å²) >= 11 is 0. The summed E-state index contributed by atoms with van der Waals surface area (Å²) in [6.07, 6.45) is -3.88. The van der Waals surface area contributed by atoms with Crippen LogP contribution in [0.25, 0.3) is 11.4 Å². The van der Waals surface area contributed by atoms with Crippen LogP contribution in [0.15, 0.2) is 28.8 Å². The maximum atomic E-state index is 13.1. The summed E-state index contributed by atoms with van der Waals surface area (Å²) in [7, 11) is 0. The number of aromatic nitrogens is 3. The number of halogens is 3. The van der Waals surface area contributed by atoms with Gasteiger partial charge in [0.15, 0.2) is 5.78 Å². The number of benzene rings is 1. The normalized spacial score (nSPS) is 15.0. The Balaban J connectivity index is 1.39. The number of H-pyrrole nitrogens is 1. The van der Waals surface area contributed by atoms with Gasteiger partial charge in [0.05, 0.1) is 12.1 Å². The average Bonchev–Trinajstić information content (AvgIpc) is 3.42. The van der Waals surface area contributed by atoms with Gasteiger partial charge in [0.2, 0.25) is 11.7 Å². The molecule has 1 aliphatic rings. The molecule has 0 aliphatic carbocycles. The highest BCUT2D eigenvalue weighted by Gasteiger charge is 2.31. The van der Waals surface area contributed by atoms with Crippen molar-refractivity contribution in [3.8, 4) is 11.4 Å². The van der Waals surface area contributed by atoms with Crippen LogP contribution in [0.4, 0.5) is 13.2 Å². The molecule has 8 nitrogen and oxygen atoms in total. The number of carbonyl (C=O) groups is 2. The molecule has 3 aromatic rings. The number of nitrogens with zero attached hydrogens (tertiary/aromatic N) is 4. The van der Waals surface area contributed by atoms with Crippen molar-refractivity contribution in [3.05, 3.63) is 58.2 Å². The predicted octanol–water partition coefficient (Wildman–Crippen LogP) is 4.11. The molecule has 0 unspecified atom stereocenters. The maximum absolute atomic E-state index is 13.1. The van der Waals surface area contributed by atoms with Gasteiger partial charge in [-0.25, -0.2) is 0 Å². The van der Waals surface area contributed by atoms with Crippen molar-refractivity contribution in [1.82, 2.24) is 24.9 Å². The number of aryl methyl sites for hydroxylation is 1. The Kier molecular flexibility index (Phi) is 6.79. The van der Waals surface area contributed by atoms with E-state index in [1.54, 1.807) is 11.8 Å². The number of carbonyl (C=O) groups excluding carboxylic acids is 2. The zero-order chi connectivity index (χ0) is 25.3. The molecular formula is C24H26F3N5O3. The number of hydrogen-bond acceptors (Lipinski definition) is 6. The Labute approximate surface area is 200 Å². The van der Waals surface area contributed by atoms with Crippen LogP contribution >= 0.6 is 0 Å². The van der Waals surface area contributed by atoms with E-state index in [2.05, 4.69) is 15.1 Å². The standard InChI is InChI=1S/C24H26F3N5O3/c1-4-18-20(15(3)33)14(2)28-21(18)23(34)32-10-8-31(9-11-32)13-19-29-22(30-35-19)16-6-5-7-17(12-16)24(25,26)27/h5-7,12,28H,4,8-11,13H2,1-3H3. The number of ketones is 1. The fourth-order valence-corrected chi connectivity index (χ4v) is 4.42. The fourth-order valence-electron chi connectivity index (χ4n) is 4.42. The summed E-state index contributed by atoms with van der Waals surface area (Å²) in [5.74, 6) is 0.178. The molecule has 11 heteroatoms. The van der Waals surface area contributed by atoms with E-state index in [1.807, 2.05) is 11.8 Å². The van der Waals surface area contributed by atoms with Crippen molar-refractivity contribution in [1.29, 1.82) is 0 Å². The minimum absolute atomic E-state index is 0.0662. The minimum atomic E-state index is -4.45. The van der Waals surface area contributed by atoms with Crippen LogP contribution in [-0.2, 0) is 19.1 Å². The van der Waals surface area contributed by atoms with Crippen LogP contribution in [0, 0.1) is 6.92 Å². The van der Waals surface area contributed by atoms with Gasteiger partial charge in [-0.15, -0.1) is 0 Å². The molecule has 0 bridgehead atoms. The second kappa shape index (κ2) is 9.65. The van der Waals surface area contributed by atoms with Gasteiger partial charge < -0.3 is 14.4 Å². The quantitative estimate of drug-likeness (QED) is 0.524. The second-order valence-corrected chi connectivity index (χ2v) is 8.55. The zero-order valence-corrected chi connectivity index (χ0v) is 19.7. The average molecular weight is 489 g/mol. The summed E-state index contributed by atoms with van der Waals surface area (Å²) in [6, 6.07) is 4.78. The highest BCUT2D eigenvalue weighted by atomic mass is 19.4. The van der Waals surface area contributed by atoms with Crippen molar-refractivity contribution < 1.29 is 27.3 Å². The predicted molar refractivity (Wildman–Crippen MR) is 121 cm³/mol. The van der Waals surface area contributed by atoms with E-state index in [0.717, 1.165) is 17.7 Å². The second-order valence-electron chi connectivity index (χ2n) is 8.55. The van der Waals surface area contributed by atoms with Crippen molar-refractivity contribution in [3.63, 3.8) is 0 Å². The number of rotatable bonds is 6. The molecule has 186 valence electrons. The number of aromatic amines is 1. The van der Waals surface area contributed by atoms with E-state index < -0.39 is 11.7 Å². The Morgan fingerprint density at radius 1 is 1.17 bits per heavy atom. The fraction of sp³-hybridized carbons (Fsp3) is 0.417. The largest absolute Gasteiger partial charge is 0.416 e. The third kappa shape index (κ3) is 5.14. The minimum Gasteiger partial charge on any atom is -0.354 e. The van der Waals surface area contributed by atoms with Crippen LogP contribution in [-0.4, -0.2) is 62.8 Å². The van der Waals surface area contributed by atoms with Crippen LogP contribution < -0.4 is 0 Å². The van der Waals surface area contributed by atoms with E-state index >= 15 is 0 Å². The highest BCUT2D eigenvalue weighted by Crippen LogP contribution is 2.31. The molecule has 0 spiro atoms. The van der Waals surface area contributed by atoms with Gasteiger partial charge in [0.25, 0.3) is 5.91 Å². The van der Waals surface area contributed by atoms with Crippen LogP contribution in [0.3, 0.4) is 0 Å². The number of hydrogen-bond donors (Lipinski definition) is 1. The van der Waals surface area contributed by atoms with Gasteiger partial charge in [-0.1, -0.05) is 24.2 Å². The van der Waals surface area contributed by atoms with Crippen LogP contribution in [0.5, 0.6) is 0 Å². The first-order chi connectivity index (χ1) is 16.6. The zero-order valence-electron chi connectivity index (χ0n) is 19.7.